The Hall–Kier alpha value is -0.120. The average molecular weight is 499 g/mol. The van der Waals surface area contributed by atoms with Crippen LogP contribution in [0.1, 0.15) is 168 Å². The normalized spacial score (nSPS) is 11.5. The van der Waals surface area contributed by atoms with Crippen LogP contribution in [0.3, 0.4) is 0 Å². The van der Waals surface area contributed by atoms with Gasteiger partial charge in [-0.15, -0.1) is 0 Å². The van der Waals surface area contributed by atoms with Gasteiger partial charge < -0.3 is 14.2 Å². The molecule has 212 valence electrons. The van der Waals surface area contributed by atoms with Crippen LogP contribution in [-0.4, -0.2) is 39.6 Å². The fourth-order valence-electron chi connectivity index (χ4n) is 4.63. The third kappa shape index (κ3) is 33.9. The summed E-state index contributed by atoms with van der Waals surface area (Å²) < 4.78 is 17.0. The van der Waals surface area contributed by atoms with Crippen molar-refractivity contribution in [2.45, 2.75) is 168 Å². The lowest BCUT2D eigenvalue weighted by Crippen LogP contribution is -2.10. The van der Waals surface area contributed by atoms with Crippen LogP contribution in [0.2, 0.25) is 0 Å². The number of hydrogen-bond acceptors (Lipinski definition) is 3. The monoisotopic (exact) mass is 499 g/mol. The molecule has 0 aliphatic rings. The molecule has 0 amide bonds. The highest BCUT2D eigenvalue weighted by Gasteiger charge is 1.96. The maximum absolute atomic E-state index is 5.69. The van der Waals surface area contributed by atoms with E-state index in [2.05, 4.69) is 13.8 Å². The molecule has 0 saturated heterocycles. The summed E-state index contributed by atoms with van der Waals surface area (Å²) in [7, 11) is 0. The minimum Gasteiger partial charge on any atom is -0.379 e. The summed E-state index contributed by atoms with van der Waals surface area (Å²) in [6.07, 6.45) is 33.4. The van der Waals surface area contributed by atoms with Crippen molar-refractivity contribution in [2.24, 2.45) is 0 Å². The van der Waals surface area contributed by atoms with E-state index in [0.717, 1.165) is 26.4 Å². The predicted molar refractivity (Wildman–Crippen MR) is 155 cm³/mol. The lowest BCUT2D eigenvalue weighted by atomic mass is 10.0. The fraction of sp³-hybridized carbons (Fsp3) is 1.00. The zero-order valence-electron chi connectivity index (χ0n) is 24.4. The van der Waals surface area contributed by atoms with Crippen LogP contribution in [0, 0.1) is 0 Å². The molecule has 0 heterocycles. The van der Waals surface area contributed by atoms with Gasteiger partial charge in [0.15, 0.2) is 0 Å². The Morgan fingerprint density at radius 2 is 0.429 bits per heavy atom. The molecule has 0 saturated carbocycles. The zero-order valence-corrected chi connectivity index (χ0v) is 24.4. The first-order valence-electron chi connectivity index (χ1n) is 16.1. The Bertz CT molecular complexity index is 316. The van der Waals surface area contributed by atoms with Crippen LogP contribution in [-0.2, 0) is 14.2 Å². The molecule has 0 aromatic heterocycles. The van der Waals surface area contributed by atoms with E-state index < -0.39 is 0 Å². The molecule has 0 fully saturated rings. The topological polar surface area (TPSA) is 27.7 Å². The largest absolute Gasteiger partial charge is 0.379 e. The molecule has 35 heavy (non-hydrogen) atoms. The highest BCUT2D eigenvalue weighted by molar-refractivity contribution is 4.50. The maximum atomic E-state index is 5.69. The van der Waals surface area contributed by atoms with Gasteiger partial charge in [0.25, 0.3) is 0 Å². The van der Waals surface area contributed by atoms with Crippen molar-refractivity contribution in [3.63, 3.8) is 0 Å². The lowest BCUT2D eigenvalue weighted by molar-refractivity contribution is 0.0132. The van der Waals surface area contributed by atoms with Gasteiger partial charge in [-0.05, 0) is 12.8 Å². The van der Waals surface area contributed by atoms with Gasteiger partial charge in [-0.25, -0.2) is 0 Å². The van der Waals surface area contributed by atoms with Crippen molar-refractivity contribution in [1.82, 2.24) is 0 Å². The predicted octanol–water partition coefficient (Wildman–Crippen LogP) is 10.4. The maximum Gasteiger partial charge on any atom is 0.0701 e. The summed E-state index contributed by atoms with van der Waals surface area (Å²) in [5, 5.41) is 0. The highest BCUT2D eigenvalue weighted by Crippen LogP contribution is 2.13. The summed E-state index contributed by atoms with van der Waals surface area (Å²) >= 11 is 0. The third-order valence-corrected chi connectivity index (χ3v) is 7.03. The molecular formula is C32H66O3. The van der Waals surface area contributed by atoms with E-state index in [9.17, 15) is 0 Å². The SMILES string of the molecule is CCCCCCCCCCCCCCCCCCOCCOCCOCCCCCCCCCC. The molecule has 0 aliphatic heterocycles. The van der Waals surface area contributed by atoms with Crippen molar-refractivity contribution in [3.05, 3.63) is 0 Å². The Labute approximate surface area is 221 Å². The van der Waals surface area contributed by atoms with Gasteiger partial charge in [-0.3, -0.25) is 0 Å². The summed E-state index contributed by atoms with van der Waals surface area (Å²) in [5.74, 6) is 0. The van der Waals surface area contributed by atoms with Crippen LogP contribution >= 0.6 is 0 Å². The molecule has 3 heteroatoms. The van der Waals surface area contributed by atoms with Gasteiger partial charge in [-0.1, -0.05) is 155 Å². The van der Waals surface area contributed by atoms with Crippen LogP contribution < -0.4 is 0 Å². The molecule has 0 aliphatic carbocycles. The van der Waals surface area contributed by atoms with E-state index in [4.69, 9.17) is 14.2 Å². The van der Waals surface area contributed by atoms with Crippen LogP contribution in [0.25, 0.3) is 0 Å². The first-order chi connectivity index (χ1) is 17.4. The molecule has 0 atom stereocenters. The summed E-state index contributed by atoms with van der Waals surface area (Å²) in [6, 6.07) is 0. The van der Waals surface area contributed by atoms with Crippen molar-refractivity contribution < 1.29 is 14.2 Å². The molecule has 0 unspecified atom stereocenters. The van der Waals surface area contributed by atoms with Crippen molar-refractivity contribution >= 4 is 0 Å². The molecule has 0 rings (SSSR count). The average Bonchev–Trinajstić information content (AvgIpc) is 2.87. The zero-order chi connectivity index (χ0) is 25.3. The van der Waals surface area contributed by atoms with E-state index in [1.165, 1.54) is 154 Å². The second kappa shape index (κ2) is 33.9. The van der Waals surface area contributed by atoms with Crippen LogP contribution in [0.15, 0.2) is 0 Å². The Balaban J connectivity index is 3.00. The van der Waals surface area contributed by atoms with E-state index in [1.807, 2.05) is 0 Å². The minimum atomic E-state index is 0.694. The standard InChI is InChI=1S/C32H66O3/c1-3-5-7-9-11-13-14-15-16-17-18-19-20-22-24-26-28-34-30-32-35-31-29-33-27-25-23-21-12-10-8-6-4-2/h3-32H2,1-2H3. The quantitative estimate of drug-likeness (QED) is 0.0863. The Morgan fingerprint density at radius 3 is 0.686 bits per heavy atom. The Kier molecular flexibility index (Phi) is 33.8. The number of unbranched alkanes of at least 4 members (excludes halogenated alkanes) is 22. The summed E-state index contributed by atoms with van der Waals surface area (Å²) in [4.78, 5) is 0. The number of ether oxygens (including phenoxy) is 3. The van der Waals surface area contributed by atoms with Gasteiger partial charge in [0.05, 0.1) is 26.4 Å². The molecule has 0 spiro atoms. The van der Waals surface area contributed by atoms with Crippen LogP contribution in [0.5, 0.6) is 0 Å². The minimum absolute atomic E-state index is 0.694. The smallest absolute Gasteiger partial charge is 0.0701 e. The van der Waals surface area contributed by atoms with Crippen LogP contribution in [0.4, 0.5) is 0 Å². The van der Waals surface area contributed by atoms with E-state index in [-0.39, 0.29) is 0 Å². The van der Waals surface area contributed by atoms with Gasteiger partial charge >= 0.3 is 0 Å². The van der Waals surface area contributed by atoms with E-state index in [0.29, 0.717) is 13.2 Å². The summed E-state index contributed by atoms with van der Waals surface area (Å²) in [6.45, 7) is 9.16. The van der Waals surface area contributed by atoms with Gasteiger partial charge in [0.1, 0.15) is 0 Å². The lowest BCUT2D eigenvalue weighted by Gasteiger charge is -2.07. The van der Waals surface area contributed by atoms with Crippen molar-refractivity contribution in [3.8, 4) is 0 Å². The molecule has 3 nitrogen and oxygen atoms in total. The Morgan fingerprint density at radius 1 is 0.229 bits per heavy atom. The van der Waals surface area contributed by atoms with Gasteiger partial charge in [-0.2, -0.15) is 0 Å². The molecule has 0 aromatic carbocycles. The van der Waals surface area contributed by atoms with Crippen molar-refractivity contribution in [1.29, 1.82) is 0 Å². The molecule has 0 aromatic rings. The first-order valence-corrected chi connectivity index (χ1v) is 16.1. The molecule has 0 N–H and O–H groups in total. The highest BCUT2D eigenvalue weighted by atomic mass is 16.5. The first kappa shape index (κ1) is 34.9. The molecular weight excluding hydrogens is 432 g/mol. The van der Waals surface area contributed by atoms with E-state index in [1.54, 1.807) is 0 Å². The van der Waals surface area contributed by atoms with E-state index >= 15 is 0 Å². The fourth-order valence-corrected chi connectivity index (χ4v) is 4.63. The van der Waals surface area contributed by atoms with Crippen molar-refractivity contribution in [2.75, 3.05) is 39.6 Å². The second-order valence-electron chi connectivity index (χ2n) is 10.6. The van der Waals surface area contributed by atoms with Gasteiger partial charge in [0, 0.05) is 13.2 Å². The third-order valence-electron chi connectivity index (χ3n) is 7.03. The number of rotatable bonds is 32. The number of hydrogen-bond donors (Lipinski definition) is 0. The second-order valence-corrected chi connectivity index (χ2v) is 10.6. The molecule has 0 bridgehead atoms. The molecule has 0 radical (unpaired) electrons. The van der Waals surface area contributed by atoms with Gasteiger partial charge in [0.2, 0.25) is 0 Å². The summed E-state index contributed by atoms with van der Waals surface area (Å²) in [5.41, 5.74) is 0.